The largest absolute Gasteiger partial charge is 0.383 e. The number of ether oxygens (including phenoxy) is 1. The lowest BCUT2D eigenvalue weighted by molar-refractivity contribution is -0.384. The minimum absolute atomic E-state index is 0.00952. The van der Waals surface area contributed by atoms with E-state index in [2.05, 4.69) is 18.7 Å². The second kappa shape index (κ2) is 8.49. The number of hydrogen-bond donors (Lipinski definition) is 0. The normalized spacial score (nSPS) is 12.4. The molecule has 0 aromatic heterocycles. The zero-order valence-corrected chi connectivity index (χ0v) is 12.7. The van der Waals surface area contributed by atoms with Crippen LogP contribution in [0.15, 0.2) is 24.3 Å². The summed E-state index contributed by atoms with van der Waals surface area (Å²) < 4.78 is 5.07. The first-order valence-corrected chi connectivity index (χ1v) is 7.00. The molecule has 1 aromatic rings. The van der Waals surface area contributed by atoms with Crippen LogP contribution in [0.3, 0.4) is 0 Å². The van der Waals surface area contributed by atoms with Gasteiger partial charge < -0.3 is 4.74 Å². The maximum atomic E-state index is 12.3. The Bertz CT molecular complexity index is 473. The van der Waals surface area contributed by atoms with Crippen molar-refractivity contribution >= 4 is 11.5 Å². The fourth-order valence-electron chi connectivity index (χ4n) is 1.97. The minimum Gasteiger partial charge on any atom is -0.383 e. The molecule has 0 saturated heterocycles. The van der Waals surface area contributed by atoms with Gasteiger partial charge in [-0.3, -0.25) is 19.8 Å². The molecule has 21 heavy (non-hydrogen) atoms. The molecule has 0 aliphatic rings. The molecule has 6 heteroatoms. The van der Waals surface area contributed by atoms with Crippen molar-refractivity contribution in [1.82, 2.24) is 4.90 Å². The number of carbonyl (C=O) groups excluding carboxylic acids is 1. The summed E-state index contributed by atoms with van der Waals surface area (Å²) in [6, 6.07) is 6.01. The van der Waals surface area contributed by atoms with Gasteiger partial charge >= 0.3 is 0 Å². The van der Waals surface area contributed by atoms with Crippen molar-refractivity contribution in [3.63, 3.8) is 0 Å². The Balaban J connectivity index is 2.73. The van der Waals surface area contributed by atoms with Crippen molar-refractivity contribution in [1.29, 1.82) is 0 Å². The first kappa shape index (κ1) is 17.3. The average Bonchev–Trinajstić information content (AvgIpc) is 2.50. The lowest BCUT2D eigenvalue weighted by atomic mass is 10.1. The van der Waals surface area contributed by atoms with Gasteiger partial charge in [-0.15, -0.1) is 0 Å². The standard InChI is InChI=1S/C15H22N2O4/c1-4-12(2)16(9-10-21-3)11-15(18)13-5-7-14(8-6-13)17(19)20/h5-8,12H,4,9-11H2,1-3H3. The Morgan fingerprint density at radius 3 is 2.48 bits per heavy atom. The molecule has 0 fully saturated rings. The molecule has 0 saturated carbocycles. The lowest BCUT2D eigenvalue weighted by Crippen LogP contribution is -2.39. The predicted octanol–water partition coefficient (Wildman–Crippen LogP) is 2.52. The van der Waals surface area contributed by atoms with Crippen LogP contribution in [0.5, 0.6) is 0 Å². The lowest BCUT2D eigenvalue weighted by Gasteiger charge is -2.27. The Labute approximate surface area is 124 Å². The Morgan fingerprint density at radius 2 is 2.00 bits per heavy atom. The van der Waals surface area contributed by atoms with E-state index in [9.17, 15) is 14.9 Å². The number of rotatable bonds is 9. The van der Waals surface area contributed by atoms with E-state index in [0.717, 1.165) is 6.42 Å². The van der Waals surface area contributed by atoms with Crippen molar-refractivity contribution in [2.45, 2.75) is 26.3 Å². The highest BCUT2D eigenvalue weighted by Gasteiger charge is 2.17. The van der Waals surface area contributed by atoms with Gasteiger partial charge in [-0.05, 0) is 25.5 Å². The number of nitro benzene ring substituents is 1. The summed E-state index contributed by atoms with van der Waals surface area (Å²) in [6.45, 7) is 5.68. The molecule has 0 bridgehead atoms. The summed E-state index contributed by atoms with van der Waals surface area (Å²) in [4.78, 5) is 24.5. The maximum Gasteiger partial charge on any atom is 0.269 e. The van der Waals surface area contributed by atoms with E-state index in [-0.39, 0.29) is 24.1 Å². The van der Waals surface area contributed by atoms with Gasteiger partial charge in [0.05, 0.1) is 18.1 Å². The van der Waals surface area contributed by atoms with Crippen LogP contribution >= 0.6 is 0 Å². The van der Waals surface area contributed by atoms with Crippen molar-refractivity contribution in [2.24, 2.45) is 0 Å². The highest BCUT2D eigenvalue weighted by molar-refractivity contribution is 5.97. The monoisotopic (exact) mass is 294 g/mol. The van der Waals surface area contributed by atoms with E-state index in [4.69, 9.17) is 4.74 Å². The molecular formula is C15H22N2O4. The zero-order valence-electron chi connectivity index (χ0n) is 12.7. The van der Waals surface area contributed by atoms with Crippen molar-refractivity contribution < 1.29 is 14.5 Å². The second-order valence-corrected chi connectivity index (χ2v) is 4.95. The molecule has 0 aliphatic carbocycles. The third-order valence-corrected chi connectivity index (χ3v) is 3.54. The van der Waals surface area contributed by atoms with Gasteiger partial charge in [-0.25, -0.2) is 0 Å². The van der Waals surface area contributed by atoms with Crippen LogP contribution in [0.25, 0.3) is 0 Å². The smallest absolute Gasteiger partial charge is 0.269 e. The number of carbonyl (C=O) groups is 1. The summed E-state index contributed by atoms with van der Waals surface area (Å²) in [5.74, 6) is -0.0405. The van der Waals surface area contributed by atoms with E-state index >= 15 is 0 Å². The Morgan fingerprint density at radius 1 is 1.38 bits per heavy atom. The van der Waals surface area contributed by atoms with Gasteiger partial charge in [0, 0.05) is 37.4 Å². The fraction of sp³-hybridized carbons (Fsp3) is 0.533. The highest BCUT2D eigenvalue weighted by atomic mass is 16.6. The van der Waals surface area contributed by atoms with Crippen LogP contribution < -0.4 is 0 Å². The van der Waals surface area contributed by atoms with Gasteiger partial charge in [0.25, 0.3) is 5.69 Å². The van der Waals surface area contributed by atoms with Crippen LogP contribution in [-0.4, -0.2) is 48.5 Å². The van der Waals surface area contributed by atoms with E-state index in [1.54, 1.807) is 7.11 Å². The van der Waals surface area contributed by atoms with Gasteiger partial charge in [-0.1, -0.05) is 6.92 Å². The predicted molar refractivity (Wildman–Crippen MR) is 80.6 cm³/mol. The quantitative estimate of drug-likeness (QED) is 0.397. The van der Waals surface area contributed by atoms with Crippen LogP contribution in [0.1, 0.15) is 30.6 Å². The van der Waals surface area contributed by atoms with Crippen LogP contribution in [0.4, 0.5) is 5.69 Å². The number of benzene rings is 1. The van der Waals surface area contributed by atoms with Gasteiger partial charge in [0.1, 0.15) is 0 Å². The van der Waals surface area contributed by atoms with E-state index in [1.807, 2.05) is 0 Å². The van der Waals surface area contributed by atoms with Gasteiger partial charge in [0.2, 0.25) is 0 Å². The number of Topliss-reactive ketones (excluding diaryl/α,β-unsaturated/α-hetero) is 1. The Hall–Kier alpha value is -1.79. The number of non-ortho nitro benzene ring substituents is 1. The van der Waals surface area contributed by atoms with Crippen LogP contribution in [-0.2, 0) is 4.74 Å². The minimum atomic E-state index is -0.474. The summed E-state index contributed by atoms with van der Waals surface area (Å²) in [5.41, 5.74) is 0.482. The number of nitro groups is 1. The topological polar surface area (TPSA) is 72.7 Å². The van der Waals surface area contributed by atoms with Gasteiger partial charge in [-0.2, -0.15) is 0 Å². The van der Waals surface area contributed by atoms with Crippen molar-refractivity contribution in [2.75, 3.05) is 26.8 Å². The van der Waals surface area contributed by atoms with E-state index in [1.165, 1.54) is 24.3 Å². The Kier molecular flexibility index (Phi) is 6.98. The van der Waals surface area contributed by atoms with Crippen LogP contribution in [0, 0.1) is 10.1 Å². The summed E-state index contributed by atoms with van der Waals surface area (Å²) >= 11 is 0. The molecule has 0 heterocycles. The SMILES string of the molecule is CCC(C)N(CCOC)CC(=O)c1ccc([N+](=O)[O-])cc1. The first-order chi connectivity index (χ1) is 9.99. The number of methoxy groups -OCH3 is 1. The third kappa shape index (κ3) is 5.24. The molecule has 0 spiro atoms. The maximum absolute atomic E-state index is 12.3. The number of nitrogens with zero attached hydrogens (tertiary/aromatic N) is 2. The van der Waals surface area contributed by atoms with E-state index in [0.29, 0.717) is 18.7 Å². The summed E-state index contributed by atoms with van der Waals surface area (Å²) in [7, 11) is 1.63. The molecule has 1 unspecified atom stereocenters. The highest BCUT2D eigenvalue weighted by Crippen LogP contribution is 2.13. The van der Waals surface area contributed by atoms with E-state index < -0.39 is 4.92 Å². The molecule has 0 amide bonds. The van der Waals surface area contributed by atoms with Crippen molar-refractivity contribution in [3.8, 4) is 0 Å². The second-order valence-electron chi connectivity index (χ2n) is 4.95. The summed E-state index contributed by atoms with van der Waals surface area (Å²) in [6.07, 6.45) is 0.942. The average molecular weight is 294 g/mol. The number of hydrogen-bond acceptors (Lipinski definition) is 5. The summed E-state index contributed by atoms with van der Waals surface area (Å²) in [5, 5.41) is 10.6. The molecular weight excluding hydrogens is 272 g/mol. The van der Waals surface area contributed by atoms with Crippen molar-refractivity contribution in [3.05, 3.63) is 39.9 Å². The van der Waals surface area contributed by atoms with Crippen LogP contribution in [0.2, 0.25) is 0 Å². The molecule has 1 aromatic carbocycles. The molecule has 116 valence electrons. The molecule has 6 nitrogen and oxygen atoms in total. The zero-order chi connectivity index (χ0) is 15.8. The molecule has 1 atom stereocenters. The molecule has 0 N–H and O–H groups in total. The molecule has 0 aliphatic heterocycles. The number of ketones is 1. The molecule has 0 radical (unpaired) electrons. The van der Waals surface area contributed by atoms with Gasteiger partial charge in [0.15, 0.2) is 5.78 Å². The third-order valence-electron chi connectivity index (χ3n) is 3.54. The molecule has 1 rings (SSSR count). The first-order valence-electron chi connectivity index (χ1n) is 7.00. The fourth-order valence-corrected chi connectivity index (χ4v) is 1.97.